The third kappa shape index (κ3) is 1.83. The van der Waals surface area contributed by atoms with E-state index in [1.165, 1.54) is 0 Å². The van der Waals surface area contributed by atoms with Crippen LogP contribution in [0.3, 0.4) is 0 Å². The fourth-order valence-corrected chi connectivity index (χ4v) is 1.40. The van der Waals surface area contributed by atoms with Crippen LogP contribution in [-0.4, -0.2) is 0 Å². The lowest BCUT2D eigenvalue weighted by Gasteiger charge is -1.95. The lowest BCUT2D eigenvalue weighted by atomic mass is 10.2. The monoisotopic (exact) mass is 217 g/mol. The van der Waals surface area contributed by atoms with Crippen LogP contribution in [0.25, 0.3) is 11.3 Å². The van der Waals surface area contributed by atoms with E-state index in [4.69, 9.17) is 28.2 Å². The Morgan fingerprint density at radius 2 is 1.93 bits per heavy atom. The van der Waals surface area contributed by atoms with Gasteiger partial charge in [0.15, 0.2) is 5.76 Å². The Kier molecular flexibility index (Phi) is 2.40. The summed E-state index contributed by atoms with van der Waals surface area (Å²) in [5.74, 6) is 3.39. The minimum Gasteiger partial charge on any atom is -0.445 e. The van der Waals surface area contributed by atoms with Gasteiger partial charge in [-0.15, -0.1) is 6.42 Å². The van der Waals surface area contributed by atoms with Crippen LogP contribution < -0.4 is 5.73 Å². The van der Waals surface area contributed by atoms with Gasteiger partial charge in [0.25, 0.3) is 0 Å². The fourth-order valence-electron chi connectivity index (χ4n) is 1.27. The van der Waals surface area contributed by atoms with Crippen molar-refractivity contribution in [1.82, 2.24) is 0 Å². The summed E-state index contributed by atoms with van der Waals surface area (Å²) in [5.41, 5.74) is 7.03. The summed E-state index contributed by atoms with van der Waals surface area (Å²) >= 11 is 5.78. The van der Waals surface area contributed by atoms with Crippen molar-refractivity contribution >= 4 is 17.3 Å². The molecule has 0 aliphatic heterocycles. The molecule has 0 atom stereocenters. The second-order valence-electron chi connectivity index (χ2n) is 3.05. The Labute approximate surface area is 92.7 Å². The van der Waals surface area contributed by atoms with E-state index >= 15 is 0 Å². The standard InChI is InChI=1S/C12H8ClNO/c1-2-11-10(14)7-12(15-11)8-3-5-9(13)6-4-8/h1,3-7H,14H2. The molecule has 2 aromatic rings. The van der Waals surface area contributed by atoms with Gasteiger partial charge in [0.1, 0.15) is 5.76 Å². The Hall–Kier alpha value is -1.85. The smallest absolute Gasteiger partial charge is 0.200 e. The molecule has 2 nitrogen and oxygen atoms in total. The van der Waals surface area contributed by atoms with Gasteiger partial charge in [0, 0.05) is 16.7 Å². The molecule has 2 N–H and O–H groups in total. The van der Waals surface area contributed by atoms with Gasteiger partial charge < -0.3 is 10.2 Å². The van der Waals surface area contributed by atoms with Gasteiger partial charge in [0.2, 0.25) is 0 Å². The number of hydrogen-bond acceptors (Lipinski definition) is 2. The molecule has 1 aromatic heterocycles. The molecule has 2 rings (SSSR count). The molecule has 0 fully saturated rings. The predicted octanol–water partition coefficient (Wildman–Crippen LogP) is 3.16. The number of hydrogen-bond donors (Lipinski definition) is 1. The summed E-state index contributed by atoms with van der Waals surface area (Å²) in [5, 5.41) is 0.676. The lowest BCUT2D eigenvalue weighted by molar-refractivity contribution is 0.570. The highest BCUT2D eigenvalue weighted by Gasteiger charge is 2.07. The van der Waals surface area contributed by atoms with Crippen LogP contribution >= 0.6 is 11.6 Å². The normalized spacial score (nSPS) is 9.87. The van der Waals surface area contributed by atoms with Crippen molar-refractivity contribution in [2.75, 3.05) is 5.73 Å². The molecule has 0 bridgehead atoms. The van der Waals surface area contributed by atoms with Gasteiger partial charge in [-0.25, -0.2) is 0 Å². The zero-order chi connectivity index (χ0) is 10.8. The first-order chi connectivity index (χ1) is 7.20. The quantitative estimate of drug-likeness (QED) is 0.746. The minimum absolute atomic E-state index is 0.361. The second-order valence-corrected chi connectivity index (χ2v) is 3.48. The van der Waals surface area contributed by atoms with Gasteiger partial charge >= 0.3 is 0 Å². The predicted molar refractivity (Wildman–Crippen MR) is 61.5 cm³/mol. The summed E-state index contributed by atoms with van der Waals surface area (Å²) in [4.78, 5) is 0. The number of terminal acetylenes is 1. The van der Waals surface area contributed by atoms with Crippen LogP contribution in [-0.2, 0) is 0 Å². The molecule has 74 valence electrons. The van der Waals surface area contributed by atoms with Gasteiger partial charge in [-0.3, -0.25) is 0 Å². The molecule has 0 radical (unpaired) electrons. The third-order valence-corrected chi connectivity index (χ3v) is 2.27. The van der Waals surface area contributed by atoms with Gasteiger partial charge in [-0.1, -0.05) is 11.6 Å². The van der Waals surface area contributed by atoms with Crippen molar-refractivity contribution in [3.63, 3.8) is 0 Å². The van der Waals surface area contributed by atoms with Crippen LogP contribution in [0.15, 0.2) is 34.7 Å². The Morgan fingerprint density at radius 1 is 1.27 bits per heavy atom. The highest BCUT2D eigenvalue weighted by Crippen LogP contribution is 2.27. The molecule has 0 unspecified atom stereocenters. The molecule has 0 saturated carbocycles. The summed E-state index contributed by atoms with van der Waals surface area (Å²) < 4.78 is 5.39. The molecule has 0 aliphatic carbocycles. The van der Waals surface area contributed by atoms with Crippen molar-refractivity contribution in [3.8, 4) is 23.7 Å². The van der Waals surface area contributed by atoms with Crippen LogP contribution in [0.5, 0.6) is 0 Å². The van der Waals surface area contributed by atoms with E-state index in [9.17, 15) is 0 Å². The van der Waals surface area contributed by atoms with E-state index < -0.39 is 0 Å². The maximum absolute atomic E-state index is 5.78. The molecule has 0 amide bonds. The second kappa shape index (κ2) is 3.72. The summed E-state index contributed by atoms with van der Waals surface area (Å²) in [6.07, 6.45) is 5.22. The number of halogens is 1. The maximum Gasteiger partial charge on any atom is 0.200 e. The maximum atomic E-state index is 5.78. The van der Waals surface area contributed by atoms with E-state index in [1.807, 2.05) is 12.1 Å². The summed E-state index contributed by atoms with van der Waals surface area (Å²) in [6.45, 7) is 0. The Morgan fingerprint density at radius 3 is 2.47 bits per heavy atom. The van der Waals surface area contributed by atoms with E-state index in [2.05, 4.69) is 5.92 Å². The van der Waals surface area contributed by atoms with Crippen molar-refractivity contribution in [2.45, 2.75) is 0 Å². The van der Waals surface area contributed by atoms with E-state index in [0.29, 0.717) is 22.2 Å². The number of nitrogens with two attached hydrogens (primary N) is 1. The topological polar surface area (TPSA) is 39.2 Å². The summed E-state index contributed by atoms with van der Waals surface area (Å²) in [6, 6.07) is 8.97. The summed E-state index contributed by atoms with van der Waals surface area (Å²) in [7, 11) is 0. The fraction of sp³-hybridized carbons (Fsp3) is 0. The van der Waals surface area contributed by atoms with Crippen LogP contribution in [0, 0.1) is 12.3 Å². The average molecular weight is 218 g/mol. The van der Waals surface area contributed by atoms with Crippen LogP contribution in [0.1, 0.15) is 5.76 Å². The van der Waals surface area contributed by atoms with Crippen molar-refractivity contribution < 1.29 is 4.42 Å². The van der Waals surface area contributed by atoms with Crippen molar-refractivity contribution in [2.24, 2.45) is 0 Å². The molecule has 0 spiro atoms. The molecule has 1 aromatic carbocycles. The van der Waals surface area contributed by atoms with Gasteiger partial charge in [-0.2, -0.15) is 0 Å². The number of furan rings is 1. The van der Waals surface area contributed by atoms with E-state index in [-0.39, 0.29) is 0 Å². The molecule has 0 saturated heterocycles. The third-order valence-electron chi connectivity index (χ3n) is 2.02. The molecular weight excluding hydrogens is 210 g/mol. The molecule has 15 heavy (non-hydrogen) atoms. The first-order valence-electron chi connectivity index (χ1n) is 4.32. The average Bonchev–Trinajstić information content (AvgIpc) is 2.61. The van der Waals surface area contributed by atoms with E-state index in [0.717, 1.165) is 5.56 Å². The first kappa shape index (κ1) is 9.70. The number of rotatable bonds is 1. The molecule has 1 heterocycles. The van der Waals surface area contributed by atoms with Crippen molar-refractivity contribution in [1.29, 1.82) is 0 Å². The molecule has 0 aliphatic rings. The zero-order valence-electron chi connectivity index (χ0n) is 7.83. The first-order valence-corrected chi connectivity index (χ1v) is 4.70. The van der Waals surface area contributed by atoms with Gasteiger partial charge in [0.05, 0.1) is 5.69 Å². The zero-order valence-corrected chi connectivity index (χ0v) is 8.58. The highest BCUT2D eigenvalue weighted by molar-refractivity contribution is 6.30. The lowest BCUT2D eigenvalue weighted by Crippen LogP contribution is -1.82. The SMILES string of the molecule is C#Cc1oc(-c2ccc(Cl)cc2)cc1N. The number of benzene rings is 1. The number of nitrogen functional groups attached to an aromatic ring is 1. The van der Waals surface area contributed by atoms with Crippen molar-refractivity contribution in [3.05, 3.63) is 41.1 Å². The highest BCUT2D eigenvalue weighted by atomic mass is 35.5. The number of anilines is 1. The van der Waals surface area contributed by atoms with E-state index in [1.54, 1.807) is 18.2 Å². The molecule has 3 heteroatoms. The Bertz CT molecular complexity index is 520. The largest absolute Gasteiger partial charge is 0.445 e. The van der Waals surface area contributed by atoms with Crippen LogP contribution in [0.4, 0.5) is 5.69 Å². The van der Waals surface area contributed by atoms with Gasteiger partial charge in [-0.05, 0) is 30.2 Å². The molecular formula is C12H8ClNO. The minimum atomic E-state index is 0.361. The van der Waals surface area contributed by atoms with Crippen LogP contribution in [0.2, 0.25) is 5.02 Å². The Balaban J connectivity index is 2.46.